The number of rotatable bonds is 6. The summed E-state index contributed by atoms with van der Waals surface area (Å²) in [6.07, 6.45) is 1.53. The van der Waals surface area contributed by atoms with Gasteiger partial charge in [-0.3, -0.25) is 4.79 Å². The van der Waals surface area contributed by atoms with Crippen LogP contribution in [0.1, 0.15) is 16.7 Å². The molecule has 35 heavy (non-hydrogen) atoms. The largest absolute Gasteiger partial charge is 0.487 e. The lowest BCUT2D eigenvalue weighted by Gasteiger charge is -2.13. The number of nitrogens with one attached hydrogen (secondary N) is 1. The number of benzene rings is 4. The molecule has 0 saturated carbocycles. The lowest BCUT2D eigenvalue weighted by atomic mass is 10.1. The number of carbonyl (C=O) groups excluding carboxylic acids is 1. The lowest BCUT2D eigenvalue weighted by molar-refractivity contribution is -0.112. The Morgan fingerprint density at radius 1 is 1.06 bits per heavy atom. The normalized spacial score (nSPS) is 11.2. The molecular formula is C28H19Br2ClN2O2. The van der Waals surface area contributed by atoms with Gasteiger partial charge in [-0.25, -0.2) is 0 Å². The fraction of sp³-hybridized carbons (Fsp3) is 0.0714. The van der Waals surface area contributed by atoms with E-state index in [0.29, 0.717) is 37.6 Å². The first-order valence-electron chi connectivity index (χ1n) is 10.6. The smallest absolute Gasteiger partial charge is 0.266 e. The summed E-state index contributed by atoms with van der Waals surface area (Å²) in [6.45, 7) is 2.19. The maximum atomic E-state index is 12.7. The lowest BCUT2D eigenvalue weighted by Crippen LogP contribution is -2.14. The number of carbonyl (C=O) groups is 1. The van der Waals surface area contributed by atoms with E-state index in [1.165, 1.54) is 6.08 Å². The van der Waals surface area contributed by atoms with Crippen LogP contribution in [0.2, 0.25) is 5.02 Å². The van der Waals surface area contributed by atoms with E-state index in [2.05, 4.69) is 55.4 Å². The number of anilines is 1. The number of ether oxygens (including phenoxy) is 1. The van der Waals surface area contributed by atoms with Crippen LogP contribution in [0.15, 0.2) is 87.3 Å². The molecule has 0 heterocycles. The number of halogens is 3. The Morgan fingerprint density at radius 3 is 2.49 bits per heavy atom. The molecule has 0 aliphatic heterocycles. The summed E-state index contributed by atoms with van der Waals surface area (Å²) in [5, 5.41) is 15.2. The van der Waals surface area contributed by atoms with Crippen molar-refractivity contribution < 1.29 is 9.53 Å². The highest BCUT2D eigenvalue weighted by atomic mass is 79.9. The van der Waals surface area contributed by atoms with Crippen LogP contribution in [0.5, 0.6) is 5.75 Å². The topological polar surface area (TPSA) is 62.1 Å². The first-order valence-corrected chi connectivity index (χ1v) is 12.6. The third-order valence-electron chi connectivity index (χ3n) is 5.46. The van der Waals surface area contributed by atoms with Gasteiger partial charge in [0.25, 0.3) is 5.91 Å². The molecule has 4 rings (SSSR count). The third kappa shape index (κ3) is 5.76. The van der Waals surface area contributed by atoms with Gasteiger partial charge < -0.3 is 10.1 Å². The predicted octanol–water partition coefficient (Wildman–Crippen LogP) is 8.45. The molecule has 0 bridgehead atoms. The van der Waals surface area contributed by atoms with Gasteiger partial charge >= 0.3 is 0 Å². The van der Waals surface area contributed by atoms with E-state index in [4.69, 9.17) is 16.3 Å². The highest BCUT2D eigenvalue weighted by Crippen LogP contribution is 2.36. The van der Waals surface area contributed by atoms with E-state index in [-0.39, 0.29) is 5.57 Å². The minimum absolute atomic E-state index is 0.0346. The molecule has 1 amide bonds. The van der Waals surface area contributed by atoms with E-state index >= 15 is 0 Å². The summed E-state index contributed by atoms with van der Waals surface area (Å²) < 4.78 is 7.52. The van der Waals surface area contributed by atoms with Gasteiger partial charge in [0.05, 0.1) is 8.95 Å². The van der Waals surface area contributed by atoms with Gasteiger partial charge in [0.15, 0.2) is 0 Å². The van der Waals surface area contributed by atoms with Crippen molar-refractivity contribution >= 4 is 71.9 Å². The van der Waals surface area contributed by atoms with E-state index in [1.54, 1.807) is 37.3 Å². The van der Waals surface area contributed by atoms with Crippen molar-refractivity contribution in [3.05, 3.63) is 109 Å². The Morgan fingerprint density at radius 2 is 1.74 bits per heavy atom. The molecule has 1 N–H and O–H groups in total. The van der Waals surface area contributed by atoms with Crippen LogP contribution in [0.3, 0.4) is 0 Å². The summed E-state index contributed by atoms with van der Waals surface area (Å²) in [7, 11) is 0. The first kappa shape index (κ1) is 25.0. The van der Waals surface area contributed by atoms with Crippen LogP contribution in [0.25, 0.3) is 16.8 Å². The third-order valence-corrected chi connectivity index (χ3v) is 7.05. The van der Waals surface area contributed by atoms with Crippen molar-refractivity contribution in [2.45, 2.75) is 13.5 Å². The average molecular weight is 611 g/mol. The number of nitriles is 1. The minimum Gasteiger partial charge on any atom is -0.487 e. The van der Waals surface area contributed by atoms with Gasteiger partial charge in [0.2, 0.25) is 0 Å². The predicted molar refractivity (Wildman–Crippen MR) is 149 cm³/mol. The fourth-order valence-electron chi connectivity index (χ4n) is 3.62. The molecule has 7 heteroatoms. The maximum absolute atomic E-state index is 12.7. The van der Waals surface area contributed by atoms with E-state index in [0.717, 1.165) is 21.9 Å². The molecule has 0 atom stereocenters. The fourth-order valence-corrected chi connectivity index (χ4v) is 5.24. The quantitative estimate of drug-likeness (QED) is 0.176. The Balaban J connectivity index is 1.54. The second kappa shape index (κ2) is 11.1. The molecule has 4 aromatic carbocycles. The molecule has 0 aliphatic rings. The van der Waals surface area contributed by atoms with Gasteiger partial charge in [-0.1, -0.05) is 60.1 Å². The zero-order valence-electron chi connectivity index (χ0n) is 18.6. The Bertz CT molecular complexity index is 1480. The maximum Gasteiger partial charge on any atom is 0.266 e. The van der Waals surface area contributed by atoms with Crippen LogP contribution in [-0.2, 0) is 11.4 Å². The Kier molecular flexibility index (Phi) is 7.92. The summed E-state index contributed by atoms with van der Waals surface area (Å²) in [5.74, 6) is 0.119. The standard InChI is InChI=1S/C28H19Br2ClN2O2/c1-17-25(31)10-5-11-26(17)33-28(34)21(15-32)12-18-13-23(29)27(24(30)14-18)35-16-20-8-4-7-19-6-2-3-9-22(19)20/h2-14H,16H2,1H3,(H,33,34)/b21-12-. The summed E-state index contributed by atoms with van der Waals surface area (Å²) in [5.41, 5.74) is 3.00. The van der Waals surface area contributed by atoms with Gasteiger partial charge in [-0.2, -0.15) is 5.26 Å². The van der Waals surface area contributed by atoms with Crippen molar-refractivity contribution in [1.29, 1.82) is 5.26 Å². The van der Waals surface area contributed by atoms with Crippen LogP contribution in [-0.4, -0.2) is 5.91 Å². The second-order valence-corrected chi connectivity index (χ2v) is 9.89. The minimum atomic E-state index is -0.513. The Labute approximate surface area is 225 Å². The number of hydrogen-bond acceptors (Lipinski definition) is 3. The van der Waals surface area contributed by atoms with Crippen LogP contribution in [0.4, 0.5) is 5.69 Å². The molecule has 0 fully saturated rings. The van der Waals surface area contributed by atoms with Gasteiger partial charge in [0.1, 0.15) is 24.0 Å². The van der Waals surface area contributed by atoms with E-state index < -0.39 is 5.91 Å². The van der Waals surface area contributed by atoms with Crippen molar-refractivity contribution in [3.63, 3.8) is 0 Å². The molecule has 4 nitrogen and oxygen atoms in total. The van der Waals surface area contributed by atoms with Gasteiger partial charge in [0, 0.05) is 10.7 Å². The molecular weight excluding hydrogens is 592 g/mol. The summed E-state index contributed by atoms with van der Waals surface area (Å²) >= 11 is 13.2. The zero-order chi connectivity index (χ0) is 24.9. The van der Waals surface area contributed by atoms with E-state index in [9.17, 15) is 10.1 Å². The van der Waals surface area contributed by atoms with Crippen LogP contribution in [0, 0.1) is 18.3 Å². The highest BCUT2D eigenvalue weighted by molar-refractivity contribution is 9.11. The van der Waals surface area contributed by atoms with Crippen LogP contribution < -0.4 is 10.1 Å². The summed E-state index contributed by atoms with van der Waals surface area (Å²) in [4.78, 5) is 12.7. The monoisotopic (exact) mass is 608 g/mol. The molecule has 0 aliphatic carbocycles. The molecule has 4 aromatic rings. The molecule has 0 spiro atoms. The Hall–Kier alpha value is -3.11. The van der Waals surface area contributed by atoms with Crippen molar-refractivity contribution in [2.24, 2.45) is 0 Å². The van der Waals surface area contributed by atoms with Crippen LogP contribution >= 0.6 is 43.5 Å². The first-order chi connectivity index (χ1) is 16.9. The van der Waals surface area contributed by atoms with Crippen molar-refractivity contribution in [1.82, 2.24) is 0 Å². The molecule has 0 unspecified atom stereocenters. The SMILES string of the molecule is Cc1c(Cl)cccc1NC(=O)/C(C#N)=C\c1cc(Br)c(OCc2cccc3ccccc23)c(Br)c1. The molecule has 0 aromatic heterocycles. The van der Waals surface area contributed by atoms with Crippen molar-refractivity contribution in [2.75, 3.05) is 5.32 Å². The average Bonchev–Trinajstić information content (AvgIpc) is 2.85. The van der Waals surface area contributed by atoms with E-state index in [1.807, 2.05) is 30.3 Å². The van der Waals surface area contributed by atoms with Crippen molar-refractivity contribution in [3.8, 4) is 11.8 Å². The van der Waals surface area contributed by atoms with Gasteiger partial charge in [-0.05, 0) is 96.6 Å². The molecule has 0 saturated heterocycles. The number of nitrogens with zero attached hydrogens (tertiary/aromatic N) is 1. The zero-order valence-corrected chi connectivity index (χ0v) is 22.5. The molecule has 0 radical (unpaired) electrons. The highest BCUT2D eigenvalue weighted by Gasteiger charge is 2.14. The number of hydrogen-bond donors (Lipinski definition) is 1. The molecule has 174 valence electrons. The number of fused-ring (bicyclic) bond motifs is 1. The van der Waals surface area contributed by atoms with Gasteiger partial charge in [-0.15, -0.1) is 0 Å². The number of amides is 1. The summed E-state index contributed by atoms with van der Waals surface area (Å²) in [6, 6.07) is 25.1. The second-order valence-electron chi connectivity index (χ2n) is 7.78.